The van der Waals surface area contributed by atoms with Crippen LogP contribution in [0.25, 0.3) is 10.9 Å². The highest BCUT2D eigenvalue weighted by Crippen LogP contribution is 2.32. The smallest absolute Gasteiger partial charge is 0.262 e. The van der Waals surface area contributed by atoms with Crippen molar-refractivity contribution < 1.29 is 13.2 Å². The number of para-hydroxylation sites is 1. The zero-order valence-corrected chi connectivity index (χ0v) is 18.3. The van der Waals surface area contributed by atoms with E-state index in [1.165, 1.54) is 30.0 Å². The number of rotatable bonds is 6. The van der Waals surface area contributed by atoms with Crippen LogP contribution >= 0.6 is 11.8 Å². The molecular weight excluding hydrogens is 436 g/mol. The molecular formula is C21H22N4O4S2. The van der Waals surface area contributed by atoms with Crippen molar-refractivity contribution in [2.45, 2.75) is 41.8 Å². The molecule has 1 aliphatic rings. The van der Waals surface area contributed by atoms with Crippen molar-refractivity contribution in [1.82, 2.24) is 9.55 Å². The van der Waals surface area contributed by atoms with Crippen LogP contribution in [-0.2, 0) is 14.8 Å². The van der Waals surface area contributed by atoms with Gasteiger partial charge in [-0.25, -0.2) is 18.5 Å². The molecule has 0 radical (unpaired) electrons. The second kappa shape index (κ2) is 8.81. The van der Waals surface area contributed by atoms with Crippen LogP contribution in [0.2, 0.25) is 0 Å². The maximum atomic E-state index is 13.1. The summed E-state index contributed by atoms with van der Waals surface area (Å²) < 4.78 is 24.7. The van der Waals surface area contributed by atoms with Crippen molar-refractivity contribution in [3.05, 3.63) is 58.9 Å². The monoisotopic (exact) mass is 458 g/mol. The van der Waals surface area contributed by atoms with Gasteiger partial charge in [-0.15, -0.1) is 0 Å². The van der Waals surface area contributed by atoms with E-state index in [-0.39, 0.29) is 28.2 Å². The van der Waals surface area contributed by atoms with Crippen LogP contribution in [0.1, 0.15) is 31.7 Å². The molecule has 1 saturated carbocycles. The number of carbonyl (C=O) groups is 1. The number of hydrogen-bond donors (Lipinski definition) is 2. The van der Waals surface area contributed by atoms with Crippen LogP contribution in [0.3, 0.4) is 0 Å². The maximum Gasteiger partial charge on any atom is 0.262 e. The van der Waals surface area contributed by atoms with Crippen molar-refractivity contribution in [1.29, 1.82) is 0 Å². The summed E-state index contributed by atoms with van der Waals surface area (Å²) in [4.78, 5) is 30.2. The number of fused-ring (bicyclic) bond motifs is 1. The molecule has 0 atom stereocenters. The molecule has 1 aliphatic carbocycles. The SMILES string of the molecule is NS(=O)(=O)c1cccc(NC(=O)CSc2nc3ccccc3c(=O)n2C2CCCC2)c1. The van der Waals surface area contributed by atoms with Gasteiger partial charge in [0.2, 0.25) is 15.9 Å². The molecule has 0 spiro atoms. The predicted molar refractivity (Wildman–Crippen MR) is 121 cm³/mol. The van der Waals surface area contributed by atoms with Gasteiger partial charge >= 0.3 is 0 Å². The van der Waals surface area contributed by atoms with E-state index >= 15 is 0 Å². The first-order chi connectivity index (χ1) is 14.8. The third-order valence-corrected chi connectivity index (χ3v) is 7.11. The van der Waals surface area contributed by atoms with E-state index in [0.717, 1.165) is 25.7 Å². The summed E-state index contributed by atoms with van der Waals surface area (Å²) in [7, 11) is -3.86. The third-order valence-electron chi connectivity index (χ3n) is 5.24. The lowest BCUT2D eigenvalue weighted by molar-refractivity contribution is -0.113. The fraction of sp³-hybridized carbons (Fsp3) is 0.286. The van der Waals surface area contributed by atoms with Crippen LogP contribution < -0.4 is 16.0 Å². The summed E-state index contributed by atoms with van der Waals surface area (Å²) in [5, 5.41) is 8.90. The highest BCUT2D eigenvalue weighted by molar-refractivity contribution is 7.99. The normalized spacial score (nSPS) is 14.7. The lowest BCUT2D eigenvalue weighted by Crippen LogP contribution is -2.27. The number of benzene rings is 2. The standard InChI is InChI=1S/C21H22N4O4S2/c22-31(28,29)16-9-5-6-14(12-16)23-19(26)13-30-21-24-18-11-4-3-10-17(18)20(27)25(21)15-7-1-2-8-15/h3-6,9-12,15H,1-2,7-8,13H2,(H,23,26)(H2,22,28,29). The summed E-state index contributed by atoms with van der Waals surface area (Å²) in [5.41, 5.74) is 0.851. The summed E-state index contributed by atoms with van der Waals surface area (Å²) in [5.74, 6) is -0.311. The molecule has 31 heavy (non-hydrogen) atoms. The van der Waals surface area contributed by atoms with Gasteiger partial charge in [0.25, 0.3) is 5.56 Å². The number of nitrogens with zero attached hydrogens (tertiary/aromatic N) is 2. The number of primary sulfonamides is 1. The fourth-order valence-electron chi connectivity index (χ4n) is 3.79. The molecule has 2 aromatic carbocycles. The van der Waals surface area contributed by atoms with Gasteiger partial charge in [-0.2, -0.15) is 0 Å². The molecule has 1 heterocycles. The molecule has 1 fully saturated rings. The largest absolute Gasteiger partial charge is 0.325 e. The van der Waals surface area contributed by atoms with Crippen LogP contribution in [0.5, 0.6) is 0 Å². The van der Waals surface area contributed by atoms with E-state index in [2.05, 4.69) is 10.3 Å². The molecule has 1 amide bonds. The quantitative estimate of drug-likeness (QED) is 0.432. The second-order valence-electron chi connectivity index (χ2n) is 7.43. The van der Waals surface area contributed by atoms with E-state index < -0.39 is 10.0 Å². The highest BCUT2D eigenvalue weighted by Gasteiger charge is 2.23. The molecule has 1 aromatic heterocycles. The third kappa shape index (κ3) is 4.81. The molecule has 0 unspecified atom stereocenters. The number of thioether (sulfide) groups is 1. The van der Waals surface area contributed by atoms with E-state index in [0.29, 0.717) is 21.7 Å². The number of aromatic nitrogens is 2. The van der Waals surface area contributed by atoms with Crippen molar-refractivity contribution in [2.24, 2.45) is 5.14 Å². The summed E-state index contributed by atoms with van der Waals surface area (Å²) in [6.45, 7) is 0. The summed E-state index contributed by atoms with van der Waals surface area (Å²) in [6, 6.07) is 13.1. The number of carbonyl (C=O) groups excluding carboxylic acids is 1. The first kappa shape index (κ1) is 21.5. The molecule has 0 aliphatic heterocycles. The molecule has 8 nitrogen and oxygen atoms in total. The minimum atomic E-state index is -3.86. The Balaban J connectivity index is 1.57. The van der Waals surface area contributed by atoms with E-state index in [9.17, 15) is 18.0 Å². The lowest BCUT2D eigenvalue weighted by Gasteiger charge is -2.18. The molecule has 4 rings (SSSR count). The highest BCUT2D eigenvalue weighted by atomic mass is 32.2. The predicted octanol–water partition coefficient (Wildman–Crippen LogP) is 2.89. The van der Waals surface area contributed by atoms with Gasteiger partial charge in [-0.05, 0) is 43.2 Å². The van der Waals surface area contributed by atoms with Crippen LogP contribution in [0.4, 0.5) is 5.69 Å². The molecule has 3 aromatic rings. The Bertz CT molecular complexity index is 1300. The van der Waals surface area contributed by atoms with Crippen molar-refractivity contribution in [3.63, 3.8) is 0 Å². The number of hydrogen-bond acceptors (Lipinski definition) is 6. The number of anilines is 1. The Kier molecular flexibility index (Phi) is 6.12. The van der Waals surface area contributed by atoms with Gasteiger partial charge in [-0.3, -0.25) is 14.2 Å². The summed E-state index contributed by atoms with van der Waals surface area (Å²) >= 11 is 1.20. The first-order valence-electron chi connectivity index (χ1n) is 9.90. The van der Waals surface area contributed by atoms with E-state index in [4.69, 9.17) is 5.14 Å². The fourth-order valence-corrected chi connectivity index (χ4v) is 5.22. The molecule has 3 N–H and O–H groups in total. The van der Waals surface area contributed by atoms with Gasteiger partial charge in [0, 0.05) is 11.7 Å². The zero-order chi connectivity index (χ0) is 22.0. The Morgan fingerprint density at radius 3 is 2.65 bits per heavy atom. The zero-order valence-electron chi connectivity index (χ0n) is 16.7. The van der Waals surface area contributed by atoms with Crippen LogP contribution in [0, 0.1) is 0 Å². The Morgan fingerprint density at radius 2 is 1.90 bits per heavy atom. The van der Waals surface area contributed by atoms with Crippen LogP contribution in [-0.4, -0.2) is 29.6 Å². The van der Waals surface area contributed by atoms with Gasteiger partial charge in [-0.1, -0.05) is 42.8 Å². The van der Waals surface area contributed by atoms with Crippen molar-refractivity contribution in [2.75, 3.05) is 11.1 Å². The second-order valence-corrected chi connectivity index (χ2v) is 9.94. The van der Waals surface area contributed by atoms with E-state index in [1.54, 1.807) is 22.8 Å². The minimum absolute atomic E-state index is 0.0249. The summed E-state index contributed by atoms with van der Waals surface area (Å²) in [6.07, 6.45) is 3.96. The van der Waals surface area contributed by atoms with E-state index in [1.807, 2.05) is 12.1 Å². The first-order valence-corrected chi connectivity index (χ1v) is 12.4. The number of sulfonamides is 1. The van der Waals surface area contributed by atoms with Crippen LogP contribution in [0.15, 0.2) is 63.4 Å². The van der Waals surface area contributed by atoms with Gasteiger partial charge in [0.05, 0.1) is 21.6 Å². The maximum absolute atomic E-state index is 13.1. The Labute approximate surface area is 183 Å². The Morgan fingerprint density at radius 1 is 1.16 bits per heavy atom. The number of amides is 1. The van der Waals surface area contributed by atoms with Crippen molar-refractivity contribution in [3.8, 4) is 0 Å². The minimum Gasteiger partial charge on any atom is -0.325 e. The average molecular weight is 459 g/mol. The van der Waals surface area contributed by atoms with Gasteiger partial charge in [0.15, 0.2) is 5.16 Å². The molecule has 10 heteroatoms. The van der Waals surface area contributed by atoms with Crippen molar-refractivity contribution >= 4 is 44.3 Å². The molecule has 162 valence electrons. The average Bonchev–Trinajstić information content (AvgIpc) is 3.26. The lowest BCUT2D eigenvalue weighted by atomic mass is 10.2. The Hall–Kier alpha value is -2.69. The molecule has 0 bridgehead atoms. The van der Waals surface area contributed by atoms with Gasteiger partial charge < -0.3 is 5.32 Å². The van der Waals surface area contributed by atoms with Gasteiger partial charge in [0.1, 0.15) is 0 Å². The topological polar surface area (TPSA) is 124 Å². The number of nitrogens with two attached hydrogens (primary N) is 1. The molecule has 0 saturated heterocycles. The number of nitrogens with one attached hydrogen (secondary N) is 1.